The van der Waals surface area contributed by atoms with Gasteiger partial charge in [-0.25, -0.2) is 4.79 Å². The molecule has 2 aliphatic heterocycles. The van der Waals surface area contributed by atoms with Gasteiger partial charge in [-0.1, -0.05) is 157 Å². The summed E-state index contributed by atoms with van der Waals surface area (Å²) in [4.78, 5) is 42.3. The van der Waals surface area contributed by atoms with Crippen molar-refractivity contribution in [3.05, 3.63) is 107 Å². The minimum Gasteiger partial charge on any atom is -0.445 e. The molecule has 0 aliphatic carbocycles. The monoisotopic (exact) mass is 783 g/mol. The Balaban J connectivity index is 1.22. The lowest BCUT2D eigenvalue weighted by Gasteiger charge is -2.38. The minimum atomic E-state index is -0.967. The fraction of sp³-hybridized carbons (Fsp3) is 0.553. The van der Waals surface area contributed by atoms with E-state index in [1.807, 2.05) is 78.9 Å². The number of likely N-dealkylation sites (tertiary alicyclic amines) is 1. The zero-order valence-electron chi connectivity index (χ0n) is 34.2. The lowest BCUT2D eigenvalue weighted by Crippen LogP contribution is -2.41. The third-order valence-corrected chi connectivity index (χ3v) is 11.1. The maximum atomic E-state index is 13.2. The molecular formula is C47H65N3O7. The number of amides is 3. The number of nitrogens with one attached hydrogen (secondary N) is 1. The Morgan fingerprint density at radius 3 is 1.98 bits per heavy atom. The smallest absolute Gasteiger partial charge is 0.408 e. The van der Waals surface area contributed by atoms with Crippen molar-refractivity contribution in [2.24, 2.45) is 0 Å². The molecule has 5 rings (SSSR count). The predicted molar refractivity (Wildman–Crippen MR) is 222 cm³/mol. The standard InChI is InChI=1S/C47H65N3O7/c1-3-5-7-9-11-16-28-49(29-17-12-10-8-6-4-2)33-41-30-43(39-24-22-37(34-51)23-25-39)57-46(56-41)40-26-20-36(21-27-40)32-50-44(52)31-42(45(50)53)48-47(54)55-35-38-18-14-13-15-19-38/h13-15,18-27,41-43,46,51H,3-12,16-17,28-35H2,1-2H3,(H,48,54)/t41-,42?,43+,46+/m1/s1. The molecule has 10 nitrogen and oxygen atoms in total. The quantitative estimate of drug-likeness (QED) is 0.0682. The van der Waals surface area contributed by atoms with E-state index in [4.69, 9.17) is 14.2 Å². The number of aliphatic hydroxyl groups is 1. The van der Waals surface area contributed by atoms with Gasteiger partial charge in [0.1, 0.15) is 12.6 Å². The largest absolute Gasteiger partial charge is 0.445 e. The average molecular weight is 784 g/mol. The van der Waals surface area contributed by atoms with Crippen LogP contribution >= 0.6 is 0 Å². The van der Waals surface area contributed by atoms with Gasteiger partial charge in [0.25, 0.3) is 5.91 Å². The Bertz CT molecular complexity index is 1620. The Labute approximate surface area is 340 Å². The normalized spacial score (nSPS) is 19.7. The Morgan fingerprint density at radius 1 is 0.754 bits per heavy atom. The van der Waals surface area contributed by atoms with Crippen molar-refractivity contribution in [2.45, 2.75) is 148 Å². The van der Waals surface area contributed by atoms with Crippen molar-refractivity contribution in [1.29, 1.82) is 0 Å². The summed E-state index contributed by atoms with van der Waals surface area (Å²) in [5, 5.41) is 12.2. The Kier molecular flexibility index (Phi) is 18.5. The van der Waals surface area contributed by atoms with E-state index in [0.29, 0.717) is 0 Å². The number of rotatable bonds is 24. The molecule has 310 valence electrons. The van der Waals surface area contributed by atoms with Crippen LogP contribution in [0.3, 0.4) is 0 Å². The fourth-order valence-electron chi connectivity index (χ4n) is 7.68. The van der Waals surface area contributed by atoms with E-state index in [1.165, 1.54) is 81.9 Å². The SMILES string of the molecule is CCCCCCCCN(CCCCCCCC)C[C@H]1C[C@@H](c2ccc(CO)cc2)O[C@@H](c2ccc(CN3C(=O)CC(NC(=O)OCc4ccccc4)C3=O)cc2)O1. The first-order valence-electron chi connectivity index (χ1n) is 21.5. The molecular weight excluding hydrogens is 719 g/mol. The van der Waals surface area contributed by atoms with Crippen molar-refractivity contribution in [2.75, 3.05) is 19.6 Å². The van der Waals surface area contributed by atoms with Crippen LogP contribution in [0.25, 0.3) is 0 Å². The molecule has 0 radical (unpaired) electrons. The van der Waals surface area contributed by atoms with Crippen LogP contribution in [-0.4, -0.2) is 64.6 Å². The van der Waals surface area contributed by atoms with E-state index in [0.717, 1.165) is 53.9 Å². The van der Waals surface area contributed by atoms with Gasteiger partial charge in [-0.05, 0) is 48.2 Å². The summed E-state index contributed by atoms with van der Waals surface area (Å²) < 4.78 is 18.7. The number of aliphatic hydroxyl groups excluding tert-OH is 1. The number of carbonyl (C=O) groups is 3. The molecule has 4 atom stereocenters. The molecule has 0 aromatic heterocycles. The third kappa shape index (κ3) is 14.4. The number of unbranched alkanes of at least 4 members (excludes halogenated alkanes) is 10. The van der Waals surface area contributed by atoms with Gasteiger partial charge in [0.15, 0.2) is 6.29 Å². The fourth-order valence-corrected chi connectivity index (χ4v) is 7.68. The van der Waals surface area contributed by atoms with Crippen LogP contribution in [0.2, 0.25) is 0 Å². The number of carbonyl (C=O) groups excluding carboxylic acids is 3. The van der Waals surface area contributed by atoms with Gasteiger partial charge in [-0.2, -0.15) is 0 Å². The number of alkyl carbamates (subject to hydrolysis) is 1. The van der Waals surface area contributed by atoms with Gasteiger partial charge >= 0.3 is 6.09 Å². The topological polar surface area (TPSA) is 118 Å². The number of imide groups is 1. The molecule has 10 heteroatoms. The van der Waals surface area contributed by atoms with Gasteiger partial charge in [-0.15, -0.1) is 0 Å². The van der Waals surface area contributed by atoms with E-state index >= 15 is 0 Å². The highest BCUT2D eigenvalue weighted by Crippen LogP contribution is 2.38. The molecule has 2 fully saturated rings. The van der Waals surface area contributed by atoms with Crippen LogP contribution in [0.5, 0.6) is 0 Å². The van der Waals surface area contributed by atoms with Gasteiger partial charge in [0, 0.05) is 18.5 Å². The molecule has 2 N–H and O–H groups in total. The number of ether oxygens (including phenoxy) is 3. The first-order chi connectivity index (χ1) is 27.9. The predicted octanol–water partition coefficient (Wildman–Crippen LogP) is 9.30. The molecule has 3 aromatic rings. The maximum Gasteiger partial charge on any atom is 0.408 e. The molecule has 2 saturated heterocycles. The molecule has 2 heterocycles. The summed E-state index contributed by atoms with van der Waals surface area (Å²) in [6.07, 6.45) is 14.2. The highest BCUT2D eigenvalue weighted by atomic mass is 16.7. The van der Waals surface area contributed by atoms with E-state index in [1.54, 1.807) is 0 Å². The molecule has 1 unspecified atom stereocenters. The number of hydrogen-bond acceptors (Lipinski definition) is 8. The molecule has 2 aliphatic rings. The number of nitrogens with zero attached hydrogens (tertiary/aromatic N) is 2. The Morgan fingerprint density at radius 2 is 1.35 bits per heavy atom. The van der Waals surface area contributed by atoms with Crippen LogP contribution in [0, 0.1) is 0 Å². The summed E-state index contributed by atoms with van der Waals surface area (Å²) in [5.41, 5.74) is 4.38. The third-order valence-electron chi connectivity index (χ3n) is 11.1. The Hall–Kier alpha value is -4.09. The van der Waals surface area contributed by atoms with Gasteiger partial charge in [0.05, 0.1) is 31.8 Å². The minimum absolute atomic E-state index is 0.00848. The van der Waals surface area contributed by atoms with E-state index < -0.39 is 24.3 Å². The van der Waals surface area contributed by atoms with E-state index in [-0.39, 0.29) is 44.3 Å². The van der Waals surface area contributed by atoms with Crippen LogP contribution < -0.4 is 5.32 Å². The van der Waals surface area contributed by atoms with Crippen molar-refractivity contribution in [3.8, 4) is 0 Å². The maximum absolute atomic E-state index is 13.2. The highest BCUT2D eigenvalue weighted by molar-refractivity contribution is 6.06. The molecule has 57 heavy (non-hydrogen) atoms. The summed E-state index contributed by atoms with van der Waals surface area (Å²) in [6, 6.07) is 24.0. The number of hydrogen-bond donors (Lipinski definition) is 2. The highest BCUT2D eigenvalue weighted by Gasteiger charge is 2.40. The zero-order valence-corrected chi connectivity index (χ0v) is 34.2. The summed E-state index contributed by atoms with van der Waals surface area (Å²) in [5.74, 6) is -0.801. The first kappa shape index (κ1) is 44.0. The number of benzene rings is 3. The van der Waals surface area contributed by atoms with Crippen LogP contribution in [0.15, 0.2) is 78.9 Å². The summed E-state index contributed by atoms with van der Waals surface area (Å²) in [7, 11) is 0. The lowest BCUT2D eigenvalue weighted by atomic mass is 9.99. The van der Waals surface area contributed by atoms with Crippen LogP contribution in [-0.2, 0) is 43.6 Å². The zero-order chi connectivity index (χ0) is 40.2. The molecule has 0 saturated carbocycles. The summed E-state index contributed by atoms with van der Waals surface area (Å²) >= 11 is 0. The first-order valence-corrected chi connectivity index (χ1v) is 21.5. The molecule has 3 aromatic carbocycles. The molecule has 0 bridgehead atoms. The van der Waals surface area contributed by atoms with Gasteiger partial charge < -0.3 is 29.5 Å². The van der Waals surface area contributed by atoms with Crippen molar-refractivity contribution >= 4 is 17.9 Å². The lowest BCUT2D eigenvalue weighted by molar-refractivity contribution is -0.253. The van der Waals surface area contributed by atoms with Crippen molar-refractivity contribution in [3.63, 3.8) is 0 Å². The molecule has 3 amide bonds. The van der Waals surface area contributed by atoms with Gasteiger partial charge in [-0.3, -0.25) is 14.5 Å². The second-order valence-corrected chi connectivity index (χ2v) is 15.7. The van der Waals surface area contributed by atoms with Crippen LogP contribution in [0.1, 0.15) is 144 Å². The van der Waals surface area contributed by atoms with Crippen molar-refractivity contribution in [1.82, 2.24) is 15.1 Å². The van der Waals surface area contributed by atoms with Crippen molar-refractivity contribution < 1.29 is 33.7 Å². The van der Waals surface area contributed by atoms with E-state index in [9.17, 15) is 19.5 Å². The van der Waals surface area contributed by atoms with E-state index in [2.05, 4.69) is 24.1 Å². The summed E-state index contributed by atoms with van der Waals surface area (Å²) in [6.45, 7) is 7.64. The average Bonchev–Trinajstić information content (AvgIpc) is 3.49. The second-order valence-electron chi connectivity index (χ2n) is 15.7. The van der Waals surface area contributed by atoms with Crippen LogP contribution in [0.4, 0.5) is 4.79 Å². The van der Waals surface area contributed by atoms with Gasteiger partial charge in [0.2, 0.25) is 5.91 Å². The second kappa shape index (κ2) is 24.0. The molecule has 0 spiro atoms.